The average Bonchev–Trinajstić information content (AvgIpc) is 2.30. The third kappa shape index (κ3) is 2.99. The third-order valence-corrected chi connectivity index (χ3v) is 2.55. The van der Waals surface area contributed by atoms with Gasteiger partial charge in [-0.1, -0.05) is 13.8 Å². The van der Waals surface area contributed by atoms with Crippen molar-refractivity contribution in [2.24, 2.45) is 0 Å². The molecule has 0 saturated carbocycles. The molecule has 76 valence electrons. The van der Waals surface area contributed by atoms with E-state index < -0.39 is 0 Å². The summed E-state index contributed by atoms with van der Waals surface area (Å²) < 4.78 is 0. The molecule has 0 radical (unpaired) electrons. The second kappa shape index (κ2) is 5.22. The zero-order valence-electron chi connectivity index (χ0n) is 8.75. The van der Waals surface area contributed by atoms with Gasteiger partial charge in [0.1, 0.15) is 0 Å². The largest absolute Gasteiger partial charge is 0.342 e. The van der Waals surface area contributed by atoms with Gasteiger partial charge in [-0.05, 0) is 19.4 Å². The number of carbonyl (C=O) groups is 1. The fourth-order valence-electron chi connectivity index (χ4n) is 1.76. The van der Waals surface area contributed by atoms with Gasteiger partial charge < -0.3 is 4.90 Å². The van der Waals surface area contributed by atoms with Crippen molar-refractivity contribution in [2.75, 3.05) is 32.7 Å². The molecule has 1 aliphatic rings. The first-order chi connectivity index (χ1) is 6.27. The van der Waals surface area contributed by atoms with Gasteiger partial charge in [0.25, 0.3) is 0 Å². The molecule has 0 unspecified atom stereocenters. The van der Waals surface area contributed by atoms with E-state index >= 15 is 0 Å². The highest BCUT2D eigenvalue weighted by atomic mass is 16.2. The fourth-order valence-corrected chi connectivity index (χ4v) is 1.76. The van der Waals surface area contributed by atoms with Gasteiger partial charge in [0.05, 0.1) is 6.54 Å². The van der Waals surface area contributed by atoms with Crippen LogP contribution in [0.25, 0.3) is 0 Å². The normalized spacial score (nSPS) is 20.5. The predicted molar refractivity (Wildman–Crippen MR) is 53.6 cm³/mol. The second-order valence-corrected chi connectivity index (χ2v) is 3.60. The zero-order valence-corrected chi connectivity index (χ0v) is 8.75. The van der Waals surface area contributed by atoms with Crippen LogP contribution in [0.15, 0.2) is 0 Å². The summed E-state index contributed by atoms with van der Waals surface area (Å²) in [5.74, 6) is 0.307. The minimum Gasteiger partial charge on any atom is -0.342 e. The lowest BCUT2D eigenvalue weighted by molar-refractivity contribution is -0.131. The Bertz CT molecular complexity index is 170. The molecule has 13 heavy (non-hydrogen) atoms. The number of amides is 1. The highest BCUT2D eigenvalue weighted by molar-refractivity contribution is 5.78. The van der Waals surface area contributed by atoms with Crippen molar-refractivity contribution >= 4 is 5.91 Å². The quantitative estimate of drug-likeness (QED) is 0.652. The van der Waals surface area contributed by atoms with Gasteiger partial charge in [-0.25, -0.2) is 0 Å². The van der Waals surface area contributed by atoms with E-state index in [9.17, 15) is 4.79 Å². The lowest BCUT2D eigenvalue weighted by Crippen LogP contribution is -2.36. The molecular weight excluding hydrogens is 164 g/mol. The van der Waals surface area contributed by atoms with Crippen LogP contribution in [-0.4, -0.2) is 48.4 Å². The molecule has 0 atom stereocenters. The number of hydrogen-bond donors (Lipinski definition) is 0. The van der Waals surface area contributed by atoms with Crippen LogP contribution in [0.1, 0.15) is 26.7 Å². The molecule has 0 bridgehead atoms. The van der Waals surface area contributed by atoms with Gasteiger partial charge in [-0.2, -0.15) is 0 Å². The molecule has 3 nitrogen and oxygen atoms in total. The first-order valence-electron chi connectivity index (χ1n) is 5.28. The maximum atomic E-state index is 11.7. The first-order valence-corrected chi connectivity index (χ1v) is 5.28. The number of nitrogens with zero attached hydrogens (tertiary/aromatic N) is 2. The fraction of sp³-hybridized carbons (Fsp3) is 0.900. The monoisotopic (exact) mass is 184 g/mol. The van der Waals surface area contributed by atoms with Crippen LogP contribution in [0.5, 0.6) is 0 Å². The Morgan fingerprint density at radius 2 is 2.08 bits per heavy atom. The minimum atomic E-state index is 0.307. The van der Waals surface area contributed by atoms with Crippen LogP contribution in [0.4, 0.5) is 0 Å². The van der Waals surface area contributed by atoms with Crippen molar-refractivity contribution in [1.82, 2.24) is 9.80 Å². The molecule has 0 aromatic rings. The van der Waals surface area contributed by atoms with Crippen LogP contribution in [0.3, 0.4) is 0 Å². The van der Waals surface area contributed by atoms with E-state index in [0.717, 1.165) is 39.0 Å². The lowest BCUT2D eigenvalue weighted by Gasteiger charge is -2.20. The van der Waals surface area contributed by atoms with Crippen LogP contribution in [-0.2, 0) is 4.79 Å². The Morgan fingerprint density at radius 1 is 1.31 bits per heavy atom. The molecular formula is C10H20N2O. The molecule has 1 saturated heterocycles. The molecule has 0 aromatic heterocycles. The number of likely N-dealkylation sites (N-methyl/N-ethyl adjacent to an activating group) is 1. The second-order valence-electron chi connectivity index (χ2n) is 3.60. The van der Waals surface area contributed by atoms with Gasteiger partial charge in [-0.3, -0.25) is 9.69 Å². The zero-order chi connectivity index (χ0) is 9.68. The Kier molecular flexibility index (Phi) is 4.22. The van der Waals surface area contributed by atoms with Crippen molar-refractivity contribution in [1.29, 1.82) is 0 Å². The van der Waals surface area contributed by atoms with Crippen LogP contribution >= 0.6 is 0 Å². The first kappa shape index (κ1) is 10.5. The van der Waals surface area contributed by atoms with E-state index in [4.69, 9.17) is 0 Å². The predicted octanol–water partition coefficient (Wildman–Crippen LogP) is 0.951. The van der Waals surface area contributed by atoms with Crippen LogP contribution in [0.2, 0.25) is 0 Å². The molecule has 1 heterocycles. The Labute approximate surface area is 80.7 Å². The molecule has 1 fully saturated rings. The van der Waals surface area contributed by atoms with Gasteiger partial charge in [-0.15, -0.1) is 0 Å². The number of hydrogen-bond acceptors (Lipinski definition) is 2. The van der Waals surface area contributed by atoms with Gasteiger partial charge in [0.2, 0.25) is 5.91 Å². The maximum Gasteiger partial charge on any atom is 0.236 e. The van der Waals surface area contributed by atoms with E-state index in [1.807, 2.05) is 4.90 Å². The number of rotatable bonds is 3. The minimum absolute atomic E-state index is 0.307. The van der Waals surface area contributed by atoms with Crippen molar-refractivity contribution < 1.29 is 4.79 Å². The average molecular weight is 184 g/mol. The smallest absolute Gasteiger partial charge is 0.236 e. The van der Waals surface area contributed by atoms with Gasteiger partial charge in [0.15, 0.2) is 0 Å². The highest BCUT2D eigenvalue weighted by Gasteiger charge is 2.19. The van der Waals surface area contributed by atoms with E-state index in [-0.39, 0.29) is 0 Å². The summed E-state index contributed by atoms with van der Waals surface area (Å²) in [7, 11) is 0. The standard InChI is InChI=1S/C10H20N2O/c1-3-6-12-8-5-7-11(4-2)9-10(12)13/h3-9H2,1-2H3. The van der Waals surface area contributed by atoms with E-state index in [1.165, 1.54) is 0 Å². The van der Waals surface area contributed by atoms with Crippen molar-refractivity contribution in [3.05, 3.63) is 0 Å². The summed E-state index contributed by atoms with van der Waals surface area (Å²) in [6, 6.07) is 0. The summed E-state index contributed by atoms with van der Waals surface area (Å²) in [5, 5.41) is 0. The van der Waals surface area contributed by atoms with Crippen LogP contribution < -0.4 is 0 Å². The molecule has 0 spiro atoms. The number of carbonyl (C=O) groups excluding carboxylic acids is 1. The molecule has 0 N–H and O–H groups in total. The summed E-state index contributed by atoms with van der Waals surface area (Å²) in [6.07, 6.45) is 2.19. The Balaban J connectivity index is 2.46. The van der Waals surface area contributed by atoms with E-state index in [2.05, 4.69) is 18.7 Å². The lowest BCUT2D eigenvalue weighted by atomic mass is 10.3. The van der Waals surface area contributed by atoms with E-state index in [1.54, 1.807) is 0 Å². The maximum absolute atomic E-state index is 11.7. The molecule has 1 amide bonds. The van der Waals surface area contributed by atoms with Crippen molar-refractivity contribution in [3.8, 4) is 0 Å². The molecule has 0 aliphatic carbocycles. The van der Waals surface area contributed by atoms with Gasteiger partial charge in [0, 0.05) is 19.6 Å². The summed E-state index contributed by atoms with van der Waals surface area (Å²) in [4.78, 5) is 15.9. The van der Waals surface area contributed by atoms with Gasteiger partial charge >= 0.3 is 0 Å². The molecule has 3 heteroatoms. The Morgan fingerprint density at radius 3 is 2.69 bits per heavy atom. The molecule has 1 rings (SSSR count). The summed E-state index contributed by atoms with van der Waals surface area (Å²) in [6.45, 7) is 8.79. The SMILES string of the molecule is CCCN1CCCN(CC)CC1=O. The van der Waals surface area contributed by atoms with Crippen LogP contribution in [0, 0.1) is 0 Å². The Hall–Kier alpha value is -0.570. The van der Waals surface area contributed by atoms with Crippen molar-refractivity contribution in [3.63, 3.8) is 0 Å². The topological polar surface area (TPSA) is 23.6 Å². The molecule has 0 aromatic carbocycles. The van der Waals surface area contributed by atoms with E-state index in [0.29, 0.717) is 12.5 Å². The molecule has 1 aliphatic heterocycles. The highest BCUT2D eigenvalue weighted by Crippen LogP contribution is 2.04. The van der Waals surface area contributed by atoms with Crippen molar-refractivity contribution in [2.45, 2.75) is 26.7 Å². The summed E-state index contributed by atoms with van der Waals surface area (Å²) in [5.41, 5.74) is 0. The summed E-state index contributed by atoms with van der Waals surface area (Å²) >= 11 is 0. The third-order valence-electron chi connectivity index (χ3n) is 2.55.